The first-order valence-electron chi connectivity index (χ1n) is 7.27. The minimum Gasteiger partial charge on any atom is -0.319 e. The van der Waals surface area contributed by atoms with Crippen LogP contribution in [0.25, 0.3) is 0 Å². The van der Waals surface area contributed by atoms with Gasteiger partial charge in [-0.25, -0.2) is 0 Å². The van der Waals surface area contributed by atoms with Gasteiger partial charge in [-0.15, -0.1) is 0 Å². The van der Waals surface area contributed by atoms with Crippen molar-refractivity contribution in [2.75, 3.05) is 13.6 Å². The molecule has 0 aliphatic carbocycles. The van der Waals surface area contributed by atoms with Crippen molar-refractivity contribution in [3.63, 3.8) is 0 Å². The number of nitrogens with one attached hydrogen (secondary N) is 1. The zero-order valence-electron chi connectivity index (χ0n) is 13.5. The van der Waals surface area contributed by atoms with Gasteiger partial charge in [0.1, 0.15) is 0 Å². The molecule has 0 amide bonds. The zero-order chi connectivity index (χ0) is 15.0. The third-order valence-corrected chi connectivity index (χ3v) is 3.41. The Kier molecular flexibility index (Phi) is 7.03. The number of aryl methyl sites for hydroxylation is 4. The minimum atomic E-state index is 1.06. The van der Waals surface area contributed by atoms with E-state index < -0.39 is 0 Å². The van der Waals surface area contributed by atoms with Gasteiger partial charge >= 0.3 is 0 Å². The normalized spacial score (nSPS) is 9.85. The van der Waals surface area contributed by atoms with E-state index in [1.54, 1.807) is 0 Å². The van der Waals surface area contributed by atoms with Crippen LogP contribution in [0.3, 0.4) is 0 Å². The molecule has 0 aromatic heterocycles. The first-order chi connectivity index (χ1) is 9.52. The maximum Gasteiger partial charge on any atom is -0.00114 e. The van der Waals surface area contributed by atoms with Gasteiger partial charge in [0.15, 0.2) is 0 Å². The highest BCUT2D eigenvalue weighted by atomic mass is 14.8. The number of hydrogen-bond acceptors (Lipinski definition) is 1. The second kappa shape index (κ2) is 8.55. The second-order valence-corrected chi connectivity index (χ2v) is 5.43. The lowest BCUT2D eigenvalue weighted by Crippen LogP contribution is -2.10. The van der Waals surface area contributed by atoms with Gasteiger partial charge in [0, 0.05) is 0 Å². The molecule has 2 aromatic rings. The van der Waals surface area contributed by atoms with Crippen LogP contribution < -0.4 is 5.32 Å². The summed E-state index contributed by atoms with van der Waals surface area (Å²) in [5.41, 5.74) is 6.87. The lowest BCUT2D eigenvalue weighted by molar-refractivity contribution is 0.791. The molecular formula is C19H27N. The Morgan fingerprint density at radius 3 is 1.90 bits per heavy atom. The van der Waals surface area contributed by atoms with E-state index in [1.807, 2.05) is 7.05 Å². The quantitative estimate of drug-likeness (QED) is 0.872. The van der Waals surface area contributed by atoms with Crippen LogP contribution in [0.15, 0.2) is 42.5 Å². The fourth-order valence-electron chi connectivity index (χ4n) is 2.04. The average molecular weight is 269 g/mol. The van der Waals surface area contributed by atoms with E-state index >= 15 is 0 Å². The SMILES string of the molecule is CNCCc1ccc(C)c(C)c1.Cc1cccc(C)c1. The summed E-state index contributed by atoms with van der Waals surface area (Å²) in [6.45, 7) is 9.58. The topological polar surface area (TPSA) is 12.0 Å². The Morgan fingerprint density at radius 1 is 0.800 bits per heavy atom. The van der Waals surface area contributed by atoms with Gasteiger partial charge in [-0.2, -0.15) is 0 Å². The Balaban J connectivity index is 0.000000217. The molecule has 0 radical (unpaired) electrons. The van der Waals surface area contributed by atoms with Crippen LogP contribution in [0, 0.1) is 27.7 Å². The Bertz CT molecular complexity index is 512. The summed E-state index contributed by atoms with van der Waals surface area (Å²) in [4.78, 5) is 0. The fourth-order valence-corrected chi connectivity index (χ4v) is 2.04. The maximum absolute atomic E-state index is 3.15. The summed E-state index contributed by atoms with van der Waals surface area (Å²) < 4.78 is 0. The molecule has 0 fully saturated rings. The first-order valence-corrected chi connectivity index (χ1v) is 7.27. The summed E-state index contributed by atoms with van der Waals surface area (Å²) in [5, 5.41) is 3.15. The smallest absolute Gasteiger partial charge is 0.00114 e. The molecule has 0 bridgehead atoms. The van der Waals surface area contributed by atoms with E-state index in [0.29, 0.717) is 0 Å². The van der Waals surface area contributed by atoms with Gasteiger partial charge in [-0.05, 0) is 64.4 Å². The predicted molar refractivity (Wildman–Crippen MR) is 89.5 cm³/mol. The van der Waals surface area contributed by atoms with E-state index in [1.165, 1.54) is 27.8 Å². The summed E-state index contributed by atoms with van der Waals surface area (Å²) in [6, 6.07) is 15.1. The van der Waals surface area contributed by atoms with Crippen molar-refractivity contribution in [1.29, 1.82) is 0 Å². The Labute approximate surface area is 124 Å². The van der Waals surface area contributed by atoms with Gasteiger partial charge in [0.05, 0.1) is 0 Å². The monoisotopic (exact) mass is 269 g/mol. The second-order valence-electron chi connectivity index (χ2n) is 5.43. The highest BCUT2D eigenvalue weighted by Crippen LogP contribution is 2.09. The Hall–Kier alpha value is -1.60. The largest absolute Gasteiger partial charge is 0.319 e. The zero-order valence-corrected chi connectivity index (χ0v) is 13.5. The van der Waals surface area contributed by atoms with Crippen LogP contribution in [-0.4, -0.2) is 13.6 Å². The number of hydrogen-bond donors (Lipinski definition) is 1. The van der Waals surface area contributed by atoms with E-state index in [-0.39, 0.29) is 0 Å². The highest BCUT2D eigenvalue weighted by Gasteiger charge is 1.94. The molecule has 0 atom stereocenters. The molecular weight excluding hydrogens is 242 g/mol. The van der Waals surface area contributed by atoms with Gasteiger partial charge in [-0.3, -0.25) is 0 Å². The van der Waals surface area contributed by atoms with Crippen molar-refractivity contribution in [1.82, 2.24) is 5.32 Å². The summed E-state index contributed by atoms with van der Waals surface area (Å²) in [6.07, 6.45) is 1.12. The average Bonchev–Trinajstić information content (AvgIpc) is 2.40. The third kappa shape index (κ3) is 6.03. The van der Waals surface area contributed by atoms with E-state index in [2.05, 4.69) is 75.5 Å². The molecule has 0 saturated carbocycles. The molecule has 1 nitrogen and oxygen atoms in total. The molecule has 1 heteroatoms. The van der Waals surface area contributed by atoms with Crippen molar-refractivity contribution in [3.05, 3.63) is 70.3 Å². The molecule has 0 unspecified atom stereocenters. The van der Waals surface area contributed by atoms with E-state index in [4.69, 9.17) is 0 Å². The van der Waals surface area contributed by atoms with Crippen LogP contribution in [0.1, 0.15) is 27.8 Å². The van der Waals surface area contributed by atoms with Crippen LogP contribution in [0.2, 0.25) is 0 Å². The third-order valence-electron chi connectivity index (χ3n) is 3.41. The fraction of sp³-hybridized carbons (Fsp3) is 0.368. The van der Waals surface area contributed by atoms with Crippen molar-refractivity contribution in [2.45, 2.75) is 34.1 Å². The molecule has 2 rings (SSSR count). The summed E-state index contributed by atoms with van der Waals surface area (Å²) >= 11 is 0. The standard InChI is InChI=1S/C11H17N.C8H10/c1-9-4-5-11(6-7-12-3)8-10(9)2;1-7-4-3-5-8(2)6-7/h4-5,8,12H,6-7H2,1-3H3;3-6H,1-2H3. The lowest BCUT2D eigenvalue weighted by atomic mass is 10.0. The van der Waals surface area contributed by atoms with Crippen molar-refractivity contribution < 1.29 is 0 Å². The summed E-state index contributed by atoms with van der Waals surface area (Å²) in [7, 11) is 1.99. The van der Waals surface area contributed by atoms with Crippen molar-refractivity contribution in [3.8, 4) is 0 Å². The van der Waals surface area contributed by atoms with Crippen LogP contribution in [0.5, 0.6) is 0 Å². The van der Waals surface area contributed by atoms with Gasteiger partial charge in [-0.1, -0.05) is 53.6 Å². The van der Waals surface area contributed by atoms with Crippen LogP contribution in [0.4, 0.5) is 0 Å². The molecule has 0 aliphatic rings. The maximum atomic E-state index is 3.15. The van der Waals surface area contributed by atoms with Crippen molar-refractivity contribution >= 4 is 0 Å². The van der Waals surface area contributed by atoms with Crippen LogP contribution >= 0.6 is 0 Å². The Morgan fingerprint density at radius 2 is 1.45 bits per heavy atom. The first kappa shape index (κ1) is 16.5. The van der Waals surface area contributed by atoms with E-state index in [0.717, 1.165) is 13.0 Å². The molecule has 0 heterocycles. The van der Waals surface area contributed by atoms with Crippen LogP contribution in [-0.2, 0) is 6.42 Å². The lowest BCUT2D eigenvalue weighted by Gasteiger charge is -2.04. The predicted octanol–water partition coefficient (Wildman–Crippen LogP) is 4.37. The molecule has 0 aliphatic heterocycles. The molecule has 20 heavy (non-hydrogen) atoms. The number of likely N-dealkylation sites (N-methyl/N-ethyl adjacent to an activating group) is 1. The highest BCUT2D eigenvalue weighted by molar-refractivity contribution is 5.30. The number of rotatable bonds is 3. The molecule has 108 valence electrons. The number of benzene rings is 2. The molecule has 1 N–H and O–H groups in total. The minimum absolute atomic E-state index is 1.06. The van der Waals surface area contributed by atoms with Gasteiger partial charge in [0.25, 0.3) is 0 Å². The molecule has 0 saturated heterocycles. The summed E-state index contributed by atoms with van der Waals surface area (Å²) in [5.74, 6) is 0. The van der Waals surface area contributed by atoms with E-state index in [9.17, 15) is 0 Å². The van der Waals surface area contributed by atoms with Crippen molar-refractivity contribution in [2.24, 2.45) is 0 Å². The molecule has 2 aromatic carbocycles. The van der Waals surface area contributed by atoms with Gasteiger partial charge < -0.3 is 5.32 Å². The van der Waals surface area contributed by atoms with Gasteiger partial charge in [0.2, 0.25) is 0 Å². The molecule has 0 spiro atoms.